The standard InChI is InChI=1S/C48H35N3O/c1-30-16-17-33-20-21-34-22-25-37(29-42(34)41(33)28-30)31-18-23-36(24-19-31)47-49-46(35-12-6-3-7-13-35)50-48(51-47)40-27-26-38(32-10-4-2-5-11-32)45-44(40)39-14-8-9-15-43(39)52-45/h2-27,29-30,34,42H,28H2,1H3. The van der Waals surface area contributed by atoms with Gasteiger partial charge < -0.3 is 4.42 Å². The molecular weight excluding hydrogens is 635 g/mol. The van der Waals surface area contributed by atoms with Crippen molar-refractivity contribution in [1.29, 1.82) is 0 Å². The summed E-state index contributed by atoms with van der Waals surface area (Å²) in [6, 6.07) is 41.7. The summed E-state index contributed by atoms with van der Waals surface area (Å²) in [4.78, 5) is 15.3. The number of nitrogens with zero attached hydrogens (tertiary/aromatic N) is 3. The molecule has 52 heavy (non-hydrogen) atoms. The molecule has 0 N–H and O–H groups in total. The summed E-state index contributed by atoms with van der Waals surface area (Å²) in [5.41, 5.74) is 12.0. The van der Waals surface area contributed by atoms with Crippen LogP contribution in [0.1, 0.15) is 18.9 Å². The first-order valence-corrected chi connectivity index (χ1v) is 18.1. The van der Waals surface area contributed by atoms with Crippen molar-refractivity contribution in [2.24, 2.45) is 17.8 Å². The summed E-state index contributed by atoms with van der Waals surface area (Å²) in [7, 11) is 0. The van der Waals surface area contributed by atoms with E-state index < -0.39 is 0 Å². The molecule has 0 saturated carbocycles. The Morgan fingerprint density at radius 1 is 0.558 bits per heavy atom. The van der Waals surface area contributed by atoms with Crippen molar-refractivity contribution >= 4 is 27.5 Å². The van der Waals surface area contributed by atoms with Crippen LogP contribution in [0.5, 0.6) is 0 Å². The quantitative estimate of drug-likeness (QED) is 0.183. The normalized spacial score (nSPS) is 19.2. The Labute approximate surface area is 302 Å². The van der Waals surface area contributed by atoms with E-state index in [0.29, 0.717) is 35.2 Å². The van der Waals surface area contributed by atoms with Crippen LogP contribution in [-0.2, 0) is 0 Å². The van der Waals surface area contributed by atoms with Gasteiger partial charge >= 0.3 is 0 Å². The minimum absolute atomic E-state index is 0.399. The maximum atomic E-state index is 6.58. The minimum atomic E-state index is 0.399. The lowest BCUT2D eigenvalue weighted by atomic mass is 9.71. The number of benzene rings is 5. The van der Waals surface area contributed by atoms with E-state index in [4.69, 9.17) is 19.4 Å². The molecule has 7 aromatic rings. The van der Waals surface area contributed by atoms with Crippen LogP contribution in [0, 0.1) is 17.8 Å². The highest BCUT2D eigenvalue weighted by Crippen LogP contribution is 2.44. The van der Waals surface area contributed by atoms with Gasteiger partial charge in [0.2, 0.25) is 0 Å². The van der Waals surface area contributed by atoms with Crippen LogP contribution < -0.4 is 0 Å². The van der Waals surface area contributed by atoms with Crippen LogP contribution in [0.3, 0.4) is 0 Å². The van der Waals surface area contributed by atoms with Crippen molar-refractivity contribution in [3.63, 3.8) is 0 Å². The predicted octanol–water partition coefficient (Wildman–Crippen LogP) is 12.1. The van der Waals surface area contributed by atoms with E-state index in [-0.39, 0.29) is 0 Å². The molecular formula is C48H35N3O. The van der Waals surface area contributed by atoms with Gasteiger partial charge in [-0.1, -0.05) is 158 Å². The van der Waals surface area contributed by atoms with Gasteiger partial charge in [0, 0.05) is 44.9 Å². The molecule has 3 atom stereocenters. The third-order valence-electron chi connectivity index (χ3n) is 10.7. The first kappa shape index (κ1) is 30.4. The second-order valence-electron chi connectivity index (χ2n) is 14.0. The Bertz CT molecular complexity index is 2660. The second kappa shape index (κ2) is 12.4. The van der Waals surface area contributed by atoms with Crippen LogP contribution >= 0.6 is 0 Å². The lowest BCUT2D eigenvalue weighted by Crippen LogP contribution is -2.21. The molecule has 0 spiro atoms. The molecule has 2 heterocycles. The smallest absolute Gasteiger partial charge is 0.164 e. The molecule has 4 heteroatoms. The first-order valence-electron chi connectivity index (χ1n) is 18.1. The summed E-state index contributed by atoms with van der Waals surface area (Å²) < 4.78 is 6.58. The third kappa shape index (κ3) is 5.27. The van der Waals surface area contributed by atoms with Crippen molar-refractivity contribution in [1.82, 2.24) is 15.0 Å². The summed E-state index contributed by atoms with van der Waals surface area (Å²) >= 11 is 0. The summed E-state index contributed by atoms with van der Waals surface area (Å²) in [5.74, 6) is 3.26. The zero-order chi connectivity index (χ0) is 34.6. The van der Waals surface area contributed by atoms with Crippen molar-refractivity contribution in [3.8, 4) is 45.3 Å². The fourth-order valence-electron chi connectivity index (χ4n) is 8.03. The lowest BCUT2D eigenvalue weighted by Gasteiger charge is -2.33. The van der Waals surface area contributed by atoms with Crippen molar-refractivity contribution in [2.45, 2.75) is 13.3 Å². The molecule has 3 unspecified atom stereocenters. The number of para-hydroxylation sites is 1. The van der Waals surface area contributed by atoms with Gasteiger partial charge in [-0.05, 0) is 52.8 Å². The zero-order valence-electron chi connectivity index (χ0n) is 28.8. The number of hydrogen-bond donors (Lipinski definition) is 0. The molecule has 0 radical (unpaired) electrons. The van der Waals surface area contributed by atoms with Gasteiger partial charge in [0.05, 0.1) is 0 Å². The Morgan fingerprint density at radius 3 is 1.96 bits per heavy atom. The maximum absolute atomic E-state index is 6.58. The Balaban J connectivity index is 1.08. The highest BCUT2D eigenvalue weighted by atomic mass is 16.3. The molecule has 0 saturated heterocycles. The topological polar surface area (TPSA) is 51.8 Å². The number of furan rings is 1. The summed E-state index contributed by atoms with van der Waals surface area (Å²) in [6.07, 6.45) is 17.5. The van der Waals surface area contributed by atoms with Crippen LogP contribution in [0.2, 0.25) is 0 Å². The van der Waals surface area contributed by atoms with Crippen LogP contribution in [-0.4, -0.2) is 15.0 Å². The largest absolute Gasteiger partial charge is 0.455 e. The molecule has 2 aromatic heterocycles. The van der Waals surface area contributed by atoms with Crippen LogP contribution in [0.15, 0.2) is 179 Å². The van der Waals surface area contributed by atoms with Gasteiger partial charge in [-0.3, -0.25) is 0 Å². The molecule has 3 aliphatic carbocycles. The number of rotatable bonds is 5. The van der Waals surface area contributed by atoms with E-state index in [1.165, 1.54) is 16.7 Å². The molecule has 0 amide bonds. The van der Waals surface area contributed by atoms with E-state index in [1.54, 1.807) is 5.57 Å². The van der Waals surface area contributed by atoms with Gasteiger partial charge in [-0.25, -0.2) is 15.0 Å². The van der Waals surface area contributed by atoms with Crippen LogP contribution in [0.4, 0.5) is 0 Å². The van der Waals surface area contributed by atoms with Gasteiger partial charge in [0.15, 0.2) is 17.5 Å². The highest BCUT2D eigenvalue weighted by molar-refractivity contribution is 6.15. The monoisotopic (exact) mass is 669 g/mol. The molecule has 5 aromatic carbocycles. The lowest BCUT2D eigenvalue weighted by molar-refractivity contribution is 0.554. The molecule has 0 bridgehead atoms. The fourth-order valence-corrected chi connectivity index (χ4v) is 8.03. The van der Waals surface area contributed by atoms with E-state index in [1.807, 2.05) is 48.5 Å². The molecule has 4 nitrogen and oxygen atoms in total. The van der Waals surface area contributed by atoms with E-state index in [0.717, 1.165) is 56.2 Å². The number of hydrogen-bond acceptors (Lipinski definition) is 4. The van der Waals surface area contributed by atoms with Gasteiger partial charge in [0.1, 0.15) is 11.2 Å². The third-order valence-corrected chi connectivity index (χ3v) is 10.7. The number of fused-ring (bicyclic) bond motifs is 5. The number of aromatic nitrogens is 3. The van der Waals surface area contributed by atoms with Crippen molar-refractivity contribution in [2.75, 3.05) is 0 Å². The Kier molecular flexibility index (Phi) is 7.28. The van der Waals surface area contributed by atoms with E-state index in [9.17, 15) is 0 Å². The van der Waals surface area contributed by atoms with Gasteiger partial charge in [0.25, 0.3) is 0 Å². The predicted molar refractivity (Wildman–Crippen MR) is 212 cm³/mol. The summed E-state index contributed by atoms with van der Waals surface area (Å²) in [6.45, 7) is 2.31. The summed E-state index contributed by atoms with van der Waals surface area (Å²) in [5, 5.41) is 2.03. The zero-order valence-corrected chi connectivity index (χ0v) is 28.8. The molecule has 0 aliphatic heterocycles. The SMILES string of the molecule is CC1C=CC2=C(C1)C1C=C(c3ccc(-c4nc(-c5ccccc5)nc(-c5ccc(-c6ccccc6)c6oc7ccccc7c56)n4)cc3)C=CC1C=C2. The Morgan fingerprint density at radius 2 is 1.17 bits per heavy atom. The maximum Gasteiger partial charge on any atom is 0.164 e. The molecule has 0 fully saturated rings. The van der Waals surface area contributed by atoms with Crippen LogP contribution in [0.25, 0.3) is 72.8 Å². The van der Waals surface area contributed by atoms with Crippen molar-refractivity contribution in [3.05, 3.63) is 181 Å². The molecule has 248 valence electrons. The van der Waals surface area contributed by atoms with Crippen molar-refractivity contribution < 1.29 is 4.42 Å². The second-order valence-corrected chi connectivity index (χ2v) is 14.0. The number of allylic oxidation sites excluding steroid dienone is 10. The van der Waals surface area contributed by atoms with E-state index >= 15 is 0 Å². The molecule has 3 aliphatic rings. The fraction of sp³-hybridized carbons (Fsp3) is 0.104. The first-order chi connectivity index (χ1) is 25.7. The highest BCUT2D eigenvalue weighted by Gasteiger charge is 2.29. The molecule has 10 rings (SSSR count). The minimum Gasteiger partial charge on any atom is -0.455 e. The Hall–Kier alpha value is -6.39. The van der Waals surface area contributed by atoms with Gasteiger partial charge in [-0.2, -0.15) is 0 Å². The van der Waals surface area contributed by atoms with Gasteiger partial charge in [-0.15, -0.1) is 0 Å². The average molecular weight is 670 g/mol. The van der Waals surface area contributed by atoms with E-state index in [2.05, 4.69) is 122 Å². The average Bonchev–Trinajstić information content (AvgIpc) is 3.61.